The summed E-state index contributed by atoms with van der Waals surface area (Å²) in [7, 11) is 0. The van der Waals surface area contributed by atoms with E-state index >= 15 is 0 Å². The Kier molecular flexibility index (Phi) is 2.66. The third-order valence-electron chi connectivity index (χ3n) is 3.52. The number of rotatable bonds is 1. The zero-order chi connectivity index (χ0) is 14.3. The Hall–Kier alpha value is -2.86. The molecule has 3 heteroatoms. The van der Waals surface area contributed by atoms with Gasteiger partial charge in [0, 0.05) is 11.1 Å². The predicted molar refractivity (Wildman–Crippen MR) is 78.2 cm³/mol. The maximum atomic E-state index is 12.5. The number of benzene rings is 2. The minimum absolute atomic E-state index is 0.0937. The predicted octanol–water partition coefficient (Wildman–Crippen LogP) is 3.50. The molecule has 0 saturated heterocycles. The van der Waals surface area contributed by atoms with Gasteiger partial charge in [-0.25, -0.2) is 0 Å². The Morgan fingerprint density at radius 3 is 2.50 bits per heavy atom. The zero-order valence-corrected chi connectivity index (χ0v) is 11.1. The molecule has 0 spiro atoms. The lowest BCUT2D eigenvalue weighted by atomic mass is 10.1. The van der Waals surface area contributed by atoms with Crippen molar-refractivity contribution in [3.05, 3.63) is 71.3 Å². The molecule has 1 amide bonds. The van der Waals surface area contributed by atoms with Crippen LogP contribution in [-0.4, -0.2) is 5.91 Å². The van der Waals surface area contributed by atoms with E-state index in [1.165, 1.54) is 0 Å². The highest BCUT2D eigenvalue weighted by molar-refractivity contribution is 6.22. The number of aryl methyl sites for hydroxylation is 1. The van der Waals surface area contributed by atoms with Gasteiger partial charge in [0.2, 0.25) is 0 Å². The van der Waals surface area contributed by atoms with Crippen molar-refractivity contribution in [2.24, 2.45) is 0 Å². The van der Waals surface area contributed by atoms with E-state index in [4.69, 9.17) is 5.26 Å². The minimum atomic E-state index is -0.0937. The number of hydrogen-bond acceptors (Lipinski definition) is 2. The van der Waals surface area contributed by atoms with Gasteiger partial charge in [0.25, 0.3) is 5.91 Å². The van der Waals surface area contributed by atoms with Gasteiger partial charge in [-0.05, 0) is 30.7 Å². The van der Waals surface area contributed by atoms with Crippen LogP contribution in [-0.2, 0) is 0 Å². The molecule has 3 nitrogen and oxygen atoms in total. The van der Waals surface area contributed by atoms with E-state index in [1.807, 2.05) is 31.2 Å². The number of hydrogen-bond donors (Lipinski definition) is 0. The second-order valence-electron chi connectivity index (χ2n) is 4.75. The number of nitrogens with zero attached hydrogens (tertiary/aromatic N) is 2. The molecule has 0 aromatic heterocycles. The van der Waals surface area contributed by atoms with Crippen LogP contribution in [0.2, 0.25) is 0 Å². The SMILES string of the molecule is C=C1c2ccccc2C(=O)N1c1cc(C#N)ccc1C. The van der Waals surface area contributed by atoms with E-state index in [-0.39, 0.29) is 5.91 Å². The standard InChI is InChI=1S/C17H12N2O/c1-11-7-8-13(10-18)9-16(11)19-12(2)14-5-3-4-6-15(14)17(19)20/h3-9H,2H2,1H3. The van der Waals surface area contributed by atoms with Crippen LogP contribution in [0, 0.1) is 18.3 Å². The van der Waals surface area contributed by atoms with Crippen LogP contribution in [0.1, 0.15) is 27.0 Å². The van der Waals surface area contributed by atoms with E-state index < -0.39 is 0 Å². The average molecular weight is 260 g/mol. The molecule has 0 bridgehead atoms. The second-order valence-corrected chi connectivity index (χ2v) is 4.75. The first-order valence-electron chi connectivity index (χ1n) is 6.27. The summed E-state index contributed by atoms with van der Waals surface area (Å²) in [5.41, 5.74) is 4.34. The van der Waals surface area contributed by atoms with Gasteiger partial charge < -0.3 is 0 Å². The molecule has 2 aromatic carbocycles. The molecule has 2 aromatic rings. The monoisotopic (exact) mass is 260 g/mol. The van der Waals surface area contributed by atoms with Gasteiger partial charge in [-0.2, -0.15) is 5.26 Å². The van der Waals surface area contributed by atoms with Crippen molar-refractivity contribution >= 4 is 17.3 Å². The molecule has 0 aliphatic carbocycles. The normalized spacial score (nSPS) is 13.3. The smallest absolute Gasteiger partial charge is 0.263 e. The van der Waals surface area contributed by atoms with Crippen molar-refractivity contribution in [2.45, 2.75) is 6.92 Å². The van der Waals surface area contributed by atoms with Gasteiger partial charge in [-0.3, -0.25) is 9.69 Å². The molecule has 0 saturated carbocycles. The lowest BCUT2D eigenvalue weighted by Gasteiger charge is -2.20. The van der Waals surface area contributed by atoms with Gasteiger partial charge in [-0.15, -0.1) is 0 Å². The summed E-state index contributed by atoms with van der Waals surface area (Å²) in [5, 5.41) is 9.03. The van der Waals surface area contributed by atoms with E-state index in [1.54, 1.807) is 23.1 Å². The maximum absolute atomic E-state index is 12.5. The highest BCUT2D eigenvalue weighted by Gasteiger charge is 2.32. The maximum Gasteiger partial charge on any atom is 0.263 e. The second kappa shape index (κ2) is 4.36. The van der Waals surface area contributed by atoms with Crippen molar-refractivity contribution in [3.63, 3.8) is 0 Å². The van der Waals surface area contributed by atoms with E-state index in [9.17, 15) is 4.79 Å². The first kappa shape index (κ1) is 12.2. The van der Waals surface area contributed by atoms with Gasteiger partial charge in [0.05, 0.1) is 23.0 Å². The number of anilines is 1. The highest BCUT2D eigenvalue weighted by atomic mass is 16.2. The third kappa shape index (κ3) is 1.63. The molecule has 96 valence electrons. The molecule has 1 aliphatic heterocycles. The molecule has 0 fully saturated rings. The average Bonchev–Trinajstić information content (AvgIpc) is 2.72. The quantitative estimate of drug-likeness (QED) is 0.787. The van der Waals surface area contributed by atoms with Crippen LogP contribution < -0.4 is 4.90 Å². The van der Waals surface area contributed by atoms with Gasteiger partial charge >= 0.3 is 0 Å². The Bertz CT molecular complexity index is 749. The van der Waals surface area contributed by atoms with E-state index in [0.29, 0.717) is 16.8 Å². The molecule has 0 atom stereocenters. The van der Waals surface area contributed by atoms with Crippen LogP contribution in [0.5, 0.6) is 0 Å². The van der Waals surface area contributed by atoms with Crippen molar-refractivity contribution in [2.75, 3.05) is 4.90 Å². The molecule has 0 unspecified atom stereocenters. The van der Waals surface area contributed by atoms with Crippen LogP contribution in [0.25, 0.3) is 5.70 Å². The molecular formula is C17H12N2O. The van der Waals surface area contributed by atoms with Crippen LogP contribution in [0.15, 0.2) is 49.0 Å². The van der Waals surface area contributed by atoms with Crippen molar-refractivity contribution in [3.8, 4) is 6.07 Å². The Balaban J connectivity index is 2.17. The number of carbonyl (C=O) groups excluding carboxylic acids is 1. The number of nitriles is 1. The van der Waals surface area contributed by atoms with Gasteiger partial charge in [0.15, 0.2) is 0 Å². The summed E-state index contributed by atoms with van der Waals surface area (Å²) in [6.07, 6.45) is 0. The molecule has 1 heterocycles. The molecular weight excluding hydrogens is 248 g/mol. The zero-order valence-electron chi connectivity index (χ0n) is 11.1. The van der Waals surface area contributed by atoms with Crippen LogP contribution in [0.4, 0.5) is 5.69 Å². The summed E-state index contributed by atoms with van der Waals surface area (Å²) < 4.78 is 0. The van der Waals surface area contributed by atoms with E-state index in [2.05, 4.69) is 12.6 Å². The topological polar surface area (TPSA) is 44.1 Å². The fraction of sp³-hybridized carbons (Fsp3) is 0.0588. The minimum Gasteiger partial charge on any atom is -0.277 e. The summed E-state index contributed by atoms with van der Waals surface area (Å²) in [4.78, 5) is 14.1. The molecule has 3 rings (SSSR count). The Morgan fingerprint density at radius 1 is 1.15 bits per heavy atom. The number of amides is 1. The lowest BCUT2D eigenvalue weighted by molar-refractivity contribution is 0.101. The van der Waals surface area contributed by atoms with E-state index in [0.717, 1.165) is 16.8 Å². The summed E-state index contributed by atoms with van der Waals surface area (Å²) in [6.45, 7) is 5.94. The number of fused-ring (bicyclic) bond motifs is 1. The summed E-state index contributed by atoms with van der Waals surface area (Å²) in [6, 6.07) is 14.8. The summed E-state index contributed by atoms with van der Waals surface area (Å²) in [5.74, 6) is -0.0937. The Morgan fingerprint density at radius 2 is 1.85 bits per heavy atom. The summed E-state index contributed by atoms with van der Waals surface area (Å²) >= 11 is 0. The highest BCUT2D eigenvalue weighted by Crippen LogP contribution is 2.37. The number of carbonyl (C=O) groups is 1. The molecule has 0 N–H and O–H groups in total. The third-order valence-corrected chi connectivity index (χ3v) is 3.52. The molecule has 0 radical (unpaired) electrons. The first-order valence-corrected chi connectivity index (χ1v) is 6.27. The van der Waals surface area contributed by atoms with Crippen LogP contribution in [0.3, 0.4) is 0 Å². The van der Waals surface area contributed by atoms with Crippen molar-refractivity contribution < 1.29 is 4.79 Å². The van der Waals surface area contributed by atoms with Gasteiger partial charge in [-0.1, -0.05) is 30.8 Å². The van der Waals surface area contributed by atoms with Gasteiger partial charge in [0.1, 0.15) is 0 Å². The fourth-order valence-electron chi connectivity index (χ4n) is 2.46. The Labute approximate surface area is 117 Å². The van der Waals surface area contributed by atoms with Crippen molar-refractivity contribution in [1.29, 1.82) is 5.26 Å². The first-order chi connectivity index (χ1) is 9.63. The molecule has 20 heavy (non-hydrogen) atoms. The largest absolute Gasteiger partial charge is 0.277 e. The van der Waals surface area contributed by atoms with Crippen molar-refractivity contribution in [1.82, 2.24) is 0 Å². The lowest BCUT2D eigenvalue weighted by Crippen LogP contribution is -2.22. The van der Waals surface area contributed by atoms with Crippen LogP contribution >= 0.6 is 0 Å². The molecule has 1 aliphatic rings. The fourth-order valence-corrected chi connectivity index (χ4v) is 2.46.